The van der Waals surface area contributed by atoms with Crippen LogP contribution in [0.25, 0.3) is 0 Å². The predicted octanol–water partition coefficient (Wildman–Crippen LogP) is 2.91. The number of hydrogen-bond acceptors (Lipinski definition) is 4. The molecule has 1 amide bonds. The lowest BCUT2D eigenvalue weighted by atomic mass is 9.93. The lowest BCUT2D eigenvalue weighted by Crippen LogP contribution is -2.42. The van der Waals surface area contributed by atoms with Gasteiger partial charge in [-0.3, -0.25) is 14.6 Å². The molecule has 1 fully saturated rings. The van der Waals surface area contributed by atoms with Crippen LogP contribution in [0.5, 0.6) is 0 Å². The number of likely N-dealkylation sites (tertiary alicyclic amines) is 1. The fourth-order valence-corrected chi connectivity index (χ4v) is 2.61. The Kier molecular flexibility index (Phi) is 5.74. The van der Waals surface area contributed by atoms with E-state index in [-0.39, 0.29) is 23.2 Å². The topological polar surface area (TPSA) is 59.5 Å². The summed E-state index contributed by atoms with van der Waals surface area (Å²) >= 11 is 0. The van der Waals surface area contributed by atoms with Crippen LogP contribution in [0.2, 0.25) is 0 Å². The average Bonchev–Trinajstić information content (AvgIpc) is 2.54. The van der Waals surface area contributed by atoms with Gasteiger partial charge in [-0.05, 0) is 36.8 Å². The van der Waals surface area contributed by atoms with E-state index in [1.807, 2.05) is 0 Å². The lowest BCUT2D eigenvalue weighted by Gasteiger charge is -2.31. The molecule has 5 nitrogen and oxygen atoms in total. The van der Waals surface area contributed by atoms with Crippen LogP contribution in [0.3, 0.4) is 0 Å². The number of carbonyl (C=O) groups is 2. The van der Waals surface area contributed by atoms with E-state index in [1.165, 1.54) is 0 Å². The summed E-state index contributed by atoms with van der Waals surface area (Å²) in [7, 11) is 0. The summed E-state index contributed by atoms with van der Waals surface area (Å²) in [5.74, 6) is -0.435. The highest BCUT2D eigenvalue weighted by atomic mass is 16.5. The first-order valence-electron chi connectivity index (χ1n) is 8.23. The number of pyridine rings is 1. The Morgan fingerprint density at radius 2 is 2.00 bits per heavy atom. The number of rotatable bonds is 4. The molecule has 0 radical (unpaired) electrons. The summed E-state index contributed by atoms with van der Waals surface area (Å²) in [4.78, 5) is 30.3. The Bertz CT molecular complexity index is 537. The second-order valence-corrected chi connectivity index (χ2v) is 7.30. The van der Waals surface area contributed by atoms with Gasteiger partial charge in [0.05, 0.1) is 12.5 Å². The predicted molar refractivity (Wildman–Crippen MR) is 87.9 cm³/mol. The third-order valence-corrected chi connectivity index (χ3v) is 4.07. The zero-order valence-corrected chi connectivity index (χ0v) is 14.2. The summed E-state index contributed by atoms with van der Waals surface area (Å²) in [6.45, 7) is 7.93. The normalized spacial score (nSPS) is 18.6. The number of hydrogen-bond donors (Lipinski definition) is 0. The largest absolute Gasteiger partial charge is 0.465 e. The summed E-state index contributed by atoms with van der Waals surface area (Å²) in [6.07, 6.45) is 5.67. The van der Waals surface area contributed by atoms with Gasteiger partial charge in [-0.2, -0.15) is 0 Å². The molecule has 2 heterocycles. The van der Waals surface area contributed by atoms with Crippen molar-refractivity contribution in [3.63, 3.8) is 0 Å². The minimum atomic E-state index is -0.213. The van der Waals surface area contributed by atoms with E-state index in [1.54, 1.807) is 29.4 Å². The average molecular weight is 318 g/mol. The molecule has 1 atom stereocenters. The molecule has 23 heavy (non-hydrogen) atoms. The Hall–Kier alpha value is -1.91. The number of esters is 1. The number of ether oxygens (including phenoxy) is 1. The quantitative estimate of drug-likeness (QED) is 0.801. The van der Waals surface area contributed by atoms with Crippen molar-refractivity contribution in [3.05, 3.63) is 30.1 Å². The van der Waals surface area contributed by atoms with Gasteiger partial charge < -0.3 is 9.64 Å². The third-order valence-electron chi connectivity index (χ3n) is 4.07. The van der Waals surface area contributed by atoms with Crippen LogP contribution in [0.4, 0.5) is 0 Å². The van der Waals surface area contributed by atoms with Crippen molar-refractivity contribution in [1.82, 2.24) is 9.88 Å². The first-order chi connectivity index (χ1) is 10.9. The first-order valence-corrected chi connectivity index (χ1v) is 8.23. The lowest BCUT2D eigenvalue weighted by molar-refractivity contribution is -0.150. The molecule has 1 aliphatic rings. The molecule has 0 N–H and O–H groups in total. The Labute approximate surface area is 138 Å². The smallest absolute Gasteiger partial charge is 0.310 e. The van der Waals surface area contributed by atoms with Gasteiger partial charge in [0.2, 0.25) is 0 Å². The van der Waals surface area contributed by atoms with Crippen LogP contribution in [0.1, 0.15) is 50.4 Å². The molecule has 0 aliphatic carbocycles. The van der Waals surface area contributed by atoms with Gasteiger partial charge in [0.25, 0.3) is 5.91 Å². The number of carbonyl (C=O) groups excluding carboxylic acids is 2. The number of aromatic nitrogens is 1. The highest BCUT2D eigenvalue weighted by Crippen LogP contribution is 2.22. The van der Waals surface area contributed by atoms with Gasteiger partial charge in [0, 0.05) is 31.0 Å². The van der Waals surface area contributed by atoms with Crippen LogP contribution in [-0.4, -0.2) is 41.5 Å². The minimum absolute atomic E-state index is 0.0420. The van der Waals surface area contributed by atoms with Gasteiger partial charge in [-0.15, -0.1) is 0 Å². The molecular weight excluding hydrogens is 292 g/mol. The highest BCUT2D eigenvalue weighted by molar-refractivity contribution is 5.94. The van der Waals surface area contributed by atoms with E-state index in [9.17, 15) is 9.59 Å². The number of piperidine rings is 1. The van der Waals surface area contributed by atoms with Crippen LogP contribution in [0.15, 0.2) is 24.5 Å². The zero-order chi connectivity index (χ0) is 16.9. The second kappa shape index (κ2) is 7.57. The van der Waals surface area contributed by atoms with Crippen LogP contribution >= 0.6 is 0 Å². The van der Waals surface area contributed by atoms with Crippen molar-refractivity contribution in [2.45, 2.75) is 40.0 Å². The van der Waals surface area contributed by atoms with Crippen molar-refractivity contribution in [2.75, 3.05) is 19.7 Å². The van der Waals surface area contributed by atoms with Gasteiger partial charge in [0.1, 0.15) is 0 Å². The van der Waals surface area contributed by atoms with Gasteiger partial charge in [0.15, 0.2) is 0 Å². The van der Waals surface area contributed by atoms with Gasteiger partial charge in [-0.1, -0.05) is 20.8 Å². The fourth-order valence-electron chi connectivity index (χ4n) is 2.61. The van der Waals surface area contributed by atoms with Crippen LogP contribution < -0.4 is 0 Å². The molecular formula is C18H26N2O3. The molecule has 1 saturated heterocycles. The maximum atomic E-state index is 12.5. The Morgan fingerprint density at radius 3 is 2.65 bits per heavy atom. The third kappa shape index (κ3) is 5.34. The first kappa shape index (κ1) is 17.4. The van der Waals surface area contributed by atoms with E-state index in [0.29, 0.717) is 25.3 Å². The van der Waals surface area contributed by atoms with Crippen molar-refractivity contribution in [3.8, 4) is 0 Å². The summed E-state index contributed by atoms with van der Waals surface area (Å²) in [5.41, 5.74) is 0.762. The molecule has 0 aromatic carbocycles. The Morgan fingerprint density at radius 1 is 1.30 bits per heavy atom. The van der Waals surface area contributed by atoms with E-state index < -0.39 is 0 Å². The van der Waals surface area contributed by atoms with Gasteiger partial charge in [-0.25, -0.2) is 0 Å². The SMILES string of the molecule is CC(C)(C)CCOC(=O)[C@H]1CCCN(C(=O)c2ccncc2)C1. The summed E-state index contributed by atoms with van der Waals surface area (Å²) in [5, 5.41) is 0. The minimum Gasteiger partial charge on any atom is -0.465 e. The maximum absolute atomic E-state index is 12.5. The highest BCUT2D eigenvalue weighted by Gasteiger charge is 2.30. The molecule has 126 valence electrons. The van der Waals surface area contributed by atoms with Crippen LogP contribution in [-0.2, 0) is 9.53 Å². The summed E-state index contributed by atoms with van der Waals surface area (Å²) in [6, 6.07) is 3.40. The standard InChI is InChI=1S/C18H26N2O3/c1-18(2,3)8-12-23-17(22)15-5-4-11-20(13-15)16(21)14-6-9-19-10-7-14/h6-7,9-10,15H,4-5,8,11-13H2,1-3H3/t15-/m0/s1. The molecule has 0 unspecified atom stereocenters. The monoisotopic (exact) mass is 318 g/mol. The Balaban J connectivity index is 1.88. The molecule has 1 aromatic rings. The fraction of sp³-hybridized carbons (Fsp3) is 0.611. The molecule has 5 heteroatoms. The van der Waals surface area contributed by atoms with Crippen LogP contribution in [0, 0.1) is 11.3 Å². The zero-order valence-electron chi connectivity index (χ0n) is 14.2. The van der Waals surface area contributed by atoms with E-state index in [2.05, 4.69) is 25.8 Å². The van der Waals surface area contributed by atoms with Crippen molar-refractivity contribution >= 4 is 11.9 Å². The van der Waals surface area contributed by atoms with E-state index in [0.717, 1.165) is 19.3 Å². The molecule has 2 rings (SSSR count). The van der Waals surface area contributed by atoms with Crippen molar-refractivity contribution in [2.24, 2.45) is 11.3 Å². The molecule has 1 aromatic heterocycles. The van der Waals surface area contributed by atoms with E-state index in [4.69, 9.17) is 4.74 Å². The maximum Gasteiger partial charge on any atom is 0.310 e. The molecule has 1 aliphatic heterocycles. The van der Waals surface area contributed by atoms with E-state index >= 15 is 0 Å². The second-order valence-electron chi connectivity index (χ2n) is 7.30. The molecule has 0 spiro atoms. The summed E-state index contributed by atoms with van der Waals surface area (Å²) < 4.78 is 5.40. The molecule has 0 bridgehead atoms. The molecule has 0 saturated carbocycles. The van der Waals surface area contributed by atoms with Gasteiger partial charge >= 0.3 is 5.97 Å². The van der Waals surface area contributed by atoms with Crippen molar-refractivity contribution in [1.29, 1.82) is 0 Å². The van der Waals surface area contributed by atoms with Crippen molar-refractivity contribution < 1.29 is 14.3 Å². The number of amides is 1. The number of nitrogens with zero attached hydrogens (tertiary/aromatic N) is 2.